The number of nitrogens with one attached hydrogen (secondary N) is 2. The van der Waals surface area contributed by atoms with E-state index < -0.39 is 0 Å². The summed E-state index contributed by atoms with van der Waals surface area (Å²) in [4.78, 5) is 20.0. The summed E-state index contributed by atoms with van der Waals surface area (Å²) in [5, 5.41) is 14.8. The number of carbonyl (C=O) groups is 1. The molecule has 2 N–H and O–H groups in total. The van der Waals surface area contributed by atoms with E-state index in [2.05, 4.69) is 20.6 Å². The molecule has 8 heteroatoms. The highest BCUT2D eigenvalue weighted by Gasteiger charge is 2.12. The van der Waals surface area contributed by atoms with E-state index in [9.17, 15) is 4.79 Å². The van der Waals surface area contributed by atoms with Crippen LogP contribution in [0.25, 0.3) is 0 Å². The molecule has 0 fully saturated rings. The normalized spacial score (nSPS) is 9.80. The van der Waals surface area contributed by atoms with E-state index in [0.717, 1.165) is 0 Å². The number of rotatable bonds is 5. The Kier molecular flexibility index (Phi) is 4.87. The Morgan fingerprint density at radius 3 is 3.00 bits per heavy atom. The van der Waals surface area contributed by atoms with Crippen molar-refractivity contribution in [3.05, 3.63) is 39.4 Å². The van der Waals surface area contributed by atoms with Crippen molar-refractivity contribution in [2.45, 2.75) is 0 Å². The summed E-state index contributed by atoms with van der Waals surface area (Å²) < 4.78 is 0. The van der Waals surface area contributed by atoms with E-state index in [0.29, 0.717) is 29.3 Å². The Balaban J connectivity index is 1.81. The smallest absolute Gasteiger partial charge is 0.264 e. The molecule has 0 saturated carbocycles. The van der Waals surface area contributed by atoms with Crippen LogP contribution in [-0.4, -0.2) is 29.0 Å². The van der Waals surface area contributed by atoms with Gasteiger partial charge in [-0.3, -0.25) is 4.79 Å². The Labute approximate surface area is 124 Å². The minimum absolute atomic E-state index is 0.206. The van der Waals surface area contributed by atoms with Gasteiger partial charge in [-0.05, 0) is 12.1 Å². The lowest BCUT2D eigenvalue weighted by Gasteiger charge is -2.07. The van der Waals surface area contributed by atoms with Crippen LogP contribution in [0, 0.1) is 11.3 Å². The molecule has 102 valence electrons. The summed E-state index contributed by atoms with van der Waals surface area (Å²) in [6.07, 6.45) is 1.60. The number of pyridine rings is 1. The molecular weight excluding hydrogens is 298 g/mol. The van der Waals surface area contributed by atoms with Gasteiger partial charge in [0, 0.05) is 19.3 Å². The fourth-order valence-corrected chi connectivity index (χ4v) is 2.37. The van der Waals surface area contributed by atoms with Crippen LogP contribution in [-0.2, 0) is 0 Å². The van der Waals surface area contributed by atoms with Crippen LogP contribution >= 0.6 is 22.9 Å². The highest BCUT2D eigenvalue weighted by Crippen LogP contribution is 2.17. The number of anilines is 1. The van der Waals surface area contributed by atoms with Crippen LogP contribution in [0.1, 0.15) is 15.2 Å². The standard InChI is InChI=1S/C12H10ClN5OS/c13-10-9(20-7-18-10)12(19)17-5-4-16-11-8(6-14)2-1-3-15-11/h1-3,7H,4-5H2,(H,15,16)(H,17,19). The zero-order chi connectivity index (χ0) is 14.4. The molecule has 0 atom stereocenters. The SMILES string of the molecule is N#Cc1cccnc1NCCNC(=O)c1scnc1Cl. The number of carbonyl (C=O) groups excluding carboxylic acids is 1. The predicted molar refractivity (Wildman–Crippen MR) is 76.9 cm³/mol. The molecule has 0 aliphatic rings. The van der Waals surface area contributed by atoms with Crippen LogP contribution in [0.4, 0.5) is 5.82 Å². The van der Waals surface area contributed by atoms with Crippen molar-refractivity contribution in [3.63, 3.8) is 0 Å². The van der Waals surface area contributed by atoms with Gasteiger partial charge < -0.3 is 10.6 Å². The Morgan fingerprint density at radius 2 is 2.30 bits per heavy atom. The van der Waals surface area contributed by atoms with E-state index in [1.807, 2.05) is 6.07 Å². The molecule has 0 spiro atoms. The molecule has 1 amide bonds. The average molecular weight is 308 g/mol. The second-order valence-electron chi connectivity index (χ2n) is 3.67. The number of nitrogens with zero attached hydrogens (tertiary/aromatic N) is 3. The summed E-state index contributed by atoms with van der Waals surface area (Å²) in [7, 11) is 0. The molecule has 0 unspecified atom stereocenters. The van der Waals surface area contributed by atoms with Gasteiger partial charge in [-0.2, -0.15) is 5.26 Å². The van der Waals surface area contributed by atoms with Gasteiger partial charge in [0.1, 0.15) is 16.8 Å². The third-order valence-electron chi connectivity index (χ3n) is 2.36. The molecule has 2 aromatic rings. The lowest BCUT2D eigenvalue weighted by Crippen LogP contribution is -2.28. The van der Waals surface area contributed by atoms with Crippen molar-refractivity contribution in [1.82, 2.24) is 15.3 Å². The fraction of sp³-hybridized carbons (Fsp3) is 0.167. The second kappa shape index (κ2) is 6.84. The van der Waals surface area contributed by atoms with E-state index in [-0.39, 0.29) is 11.1 Å². The molecule has 0 aromatic carbocycles. The van der Waals surface area contributed by atoms with Gasteiger partial charge >= 0.3 is 0 Å². The third kappa shape index (κ3) is 3.44. The van der Waals surface area contributed by atoms with Gasteiger partial charge in [0.2, 0.25) is 0 Å². The maximum atomic E-state index is 11.7. The van der Waals surface area contributed by atoms with Gasteiger partial charge in [-0.25, -0.2) is 9.97 Å². The first-order valence-electron chi connectivity index (χ1n) is 5.68. The van der Waals surface area contributed by atoms with E-state index in [4.69, 9.17) is 16.9 Å². The minimum Gasteiger partial charge on any atom is -0.367 e. The quantitative estimate of drug-likeness (QED) is 0.823. The van der Waals surface area contributed by atoms with Gasteiger partial charge in [0.05, 0.1) is 11.1 Å². The molecule has 2 rings (SSSR count). The van der Waals surface area contributed by atoms with Crippen molar-refractivity contribution in [2.24, 2.45) is 0 Å². The number of nitriles is 1. The lowest BCUT2D eigenvalue weighted by atomic mass is 10.3. The number of hydrogen-bond donors (Lipinski definition) is 2. The summed E-state index contributed by atoms with van der Waals surface area (Å²) in [6, 6.07) is 5.40. The lowest BCUT2D eigenvalue weighted by molar-refractivity contribution is 0.0959. The zero-order valence-corrected chi connectivity index (χ0v) is 11.8. The number of amides is 1. The Morgan fingerprint density at radius 1 is 1.45 bits per heavy atom. The first-order valence-corrected chi connectivity index (χ1v) is 6.94. The van der Waals surface area contributed by atoms with Crippen molar-refractivity contribution in [3.8, 4) is 6.07 Å². The summed E-state index contributed by atoms with van der Waals surface area (Å²) in [6.45, 7) is 0.836. The van der Waals surface area contributed by atoms with Crippen LogP contribution in [0.15, 0.2) is 23.8 Å². The highest BCUT2D eigenvalue weighted by molar-refractivity contribution is 7.12. The highest BCUT2D eigenvalue weighted by atomic mass is 35.5. The topological polar surface area (TPSA) is 90.7 Å². The molecule has 0 saturated heterocycles. The van der Waals surface area contributed by atoms with Crippen molar-refractivity contribution in [2.75, 3.05) is 18.4 Å². The fourth-order valence-electron chi connectivity index (χ4n) is 1.45. The summed E-state index contributed by atoms with van der Waals surface area (Å²) in [5.74, 6) is 0.237. The summed E-state index contributed by atoms with van der Waals surface area (Å²) in [5.41, 5.74) is 1.98. The number of thiazole rings is 1. The molecule has 20 heavy (non-hydrogen) atoms. The largest absolute Gasteiger partial charge is 0.367 e. The maximum absolute atomic E-state index is 11.7. The Hall–Kier alpha value is -2.17. The van der Waals surface area contributed by atoms with Crippen molar-refractivity contribution in [1.29, 1.82) is 5.26 Å². The molecule has 2 aromatic heterocycles. The number of halogens is 1. The third-order valence-corrected chi connectivity index (χ3v) is 3.59. The molecule has 0 aliphatic carbocycles. The van der Waals surface area contributed by atoms with E-state index in [1.54, 1.807) is 18.3 Å². The summed E-state index contributed by atoms with van der Waals surface area (Å²) >= 11 is 6.95. The molecular formula is C12H10ClN5OS. The van der Waals surface area contributed by atoms with Gasteiger partial charge in [-0.15, -0.1) is 11.3 Å². The van der Waals surface area contributed by atoms with Crippen LogP contribution in [0.3, 0.4) is 0 Å². The van der Waals surface area contributed by atoms with Crippen LogP contribution in [0.2, 0.25) is 5.15 Å². The average Bonchev–Trinajstić information content (AvgIpc) is 2.90. The van der Waals surface area contributed by atoms with E-state index >= 15 is 0 Å². The van der Waals surface area contributed by atoms with Crippen LogP contribution < -0.4 is 10.6 Å². The van der Waals surface area contributed by atoms with Gasteiger partial charge in [0.25, 0.3) is 5.91 Å². The number of hydrogen-bond acceptors (Lipinski definition) is 6. The van der Waals surface area contributed by atoms with Crippen molar-refractivity contribution >= 4 is 34.7 Å². The van der Waals surface area contributed by atoms with Crippen molar-refractivity contribution < 1.29 is 4.79 Å². The monoisotopic (exact) mass is 307 g/mol. The molecule has 2 heterocycles. The zero-order valence-electron chi connectivity index (χ0n) is 10.3. The molecule has 0 aliphatic heterocycles. The van der Waals surface area contributed by atoms with E-state index in [1.165, 1.54) is 16.8 Å². The first-order chi connectivity index (χ1) is 9.72. The Bertz CT molecular complexity index is 651. The first kappa shape index (κ1) is 14.2. The second-order valence-corrected chi connectivity index (χ2v) is 4.88. The predicted octanol–water partition coefficient (Wildman–Crippen LogP) is 1.91. The molecule has 6 nitrogen and oxygen atoms in total. The van der Waals surface area contributed by atoms with Crippen LogP contribution in [0.5, 0.6) is 0 Å². The molecule has 0 radical (unpaired) electrons. The molecule has 0 bridgehead atoms. The minimum atomic E-state index is -0.263. The van der Waals surface area contributed by atoms with Gasteiger partial charge in [0.15, 0.2) is 5.15 Å². The number of aromatic nitrogens is 2. The van der Waals surface area contributed by atoms with Gasteiger partial charge in [-0.1, -0.05) is 11.6 Å². The maximum Gasteiger partial charge on any atom is 0.264 e.